The summed E-state index contributed by atoms with van der Waals surface area (Å²) >= 11 is 13.6. The van der Waals surface area contributed by atoms with Crippen LogP contribution in [-0.2, 0) is 6.54 Å². The van der Waals surface area contributed by atoms with Crippen LogP contribution in [0.3, 0.4) is 0 Å². The molecule has 1 N–H and O–H groups in total. The van der Waals surface area contributed by atoms with Crippen molar-refractivity contribution in [1.29, 1.82) is 0 Å². The monoisotopic (exact) mass is 423 g/mol. The number of halogens is 1. The lowest BCUT2D eigenvalue weighted by Crippen LogP contribution is -2.36. The zero-order valence-corrected chi connectivity index (χ0v) is 18.9. The van der Waals surface area contributed by atoms with Crippen molar-refractivity contribution in [3.8, 4) is 0 Å². The molecule has 0 saturated carbocycles. The van der Waals surface area contributed by atoms with E-state index >= 15 is 0 Å². The van der Waals surface area contributed by atoms with E-state index < -0.39 is 0 Å². The molecular weight excluding hydrogens is 394 g/mol. The number of hydrogen-bond donors (Lipinski definition) is 1. The van der Waals surface area contributed by atoms with E-state index in [1.165, 1.54) is 17.7 Å². The highest BCUT2D eigenvalue weighted by atomic mass is 35.5. The molecule has 6 heteroatoms. The van der Waals surface area contributed by atoms with E-state index in [1.54, 1.807) is 11.3 Å². The van der Waals surface area contributed by atoms with Crippen molar-refractivity contribution < 1.29 is 0 Å². The Kier molecular flexibility index (Phi) is 9.56. The van der Waals surface area contributed by atoms with E-state index in [0.29, 0.717) is 0 Å². The van der Waals surface area contributed by atoms with Crippen LogP contribution in [-0.4, -0.2) is 41.6 Å². The molecule has 0 atom stereocenters. The molecule has 3 nitrogen and oxygen atoms in total. The number of unbranched alkanes of at least 4 members (excludes halogenated alkanes) is 1. The van der Waals surface area contributed by atoms with Gasteiger partial charge < -0.3 is 15.1 Å². The molecule has 1 aromatic carbocycles. The van der Waals surface area contributed by atoms with Crippen LogP contribution in [0.2, 0.25) is 5.02 Å². The number of nitrogens with one attached hydrogen (secondary N) is 1. The highest BCUT2D eigenvalue weighted by Gasteiger charge is 2.12. The van der Waals surface area contributed by atoms with Gasteiger partial charge in [0, 0.05) is 22.1 Å². The minimum absolute atomic E-state index is 0.765. The fourth-order valence-electron chi connectivity index (χ4n) is 2.84. The first-order valence-electron chi connectivity index (χ1n) is 9.52. The average Bonchev–Trinajstić information content (AvgIpc) is 3.15. The first kappa shape index (κ1) is 22.2. The predicted molar refractivity (Wildman–Crippen MR) is 124 cm³/mol. The molecule has 148 valence electrons. The first-order valence-corrected chi connectivity index (χ1v) is 11.2. The Hall–Kier alpha value is -1.14. The van der Waals surface area contributed by atoms with Gasteiger partial charge in [-0.05, 0) is 87.3 Å². The van der Waals surface area contributed by atoms with Crippen LogP contribution >= 0.6 is 35.2 Å². The lowest BCUT2D eigenvalue weighted by Gasteiger charge is -2.27. The molecule has 27 heavy (non-hydrogen) atoms. The molecule has 0 aliphatic carbocycles. The summed E-state index contributed by atoms with van der Waals surface area (Å²) in [7, 11) is 2.20. The zero-order valence-electron chi connectivity index (χ0n) is 16.5. The van der Waals surface area contributed by atoms with Crippen molar-refractivity contribution in [2.24, 2.45) is 0 Å². The van der Waals surface area contributed by atoms with E-state index in [0.717, 1.165) is 54.0 Å². The van der Waals surface area contributed by atoms with Crippen molar-refractivity contribution in [2.75, 3.05) is 32.0 Å². The van der Waals surface area contributed by atoms with Crippen molar-refractivity contribution in [1.82, 2.24) is 9.80 Å². The summed E-state index contributed by atoms with van der Waals surface area (Å²) < 4.78 is 0. The lowest BCUT2D eigenvalue weighted by molar-refractivity contribution is 0.300. The standard InChI is InChI=1S/C21H30ClN3S2/c1-4-5-11-24(3)12-7-13-25(16-19-8-6-14-27-19)21(26)23-18-9-10-20(22)17(2)15-18/h6,8-10,14-15H,4-5,7,11-13,16H2,1-3H3,(H,23,26). The van der Waals surface area contributed by atoms with Crippen molar-refractivity contribution in [2.45, 2.75) is 39.7 Å². The lowest BCUT2D eigenvalue weighted by atomic mass is 10.2. The number of hydrogen-bond acceptors (Lipinski definition) is 3. The van der Waals surface area contributed by atoms with Crippen LogP contribution in [0, 0.1) is 6.92 Å². The van der Waals surface area contributed by atoms with E-state index in [-0.39, 0.29) is 0 Å². The van der Waals surface area contributed by atoms with Gasteiger partial charge in [0.1, 0.15) is 0 Å². The molecule has 2 aromatic rings. The molecule has 0 bridgehead atoms. The van der Waals surface area contributed by atoms with Gasteiger partial charge in [-0.3, -0.25) is 0 Å². The molecule has 1 aromatic heterocycles. The van der Waals surface area contributed by atoms with E-state index in [2.05, 4.69) is 46.6 Å². The SMILES string of the molecule is CCCCN(C)CCCN(Cc1cccs1)C(=S)Nc1ccc(Cl)c(C)c1. The van der Waals surface area contributed by atoms with Crippen LogP contribution in [0.1, 0.15) is 36.6 Å². The van der Waals surface area contributed by atoms with Crippen molar-refractivity contribution >= 4 is 46.0 Å². The molecule has 0 aliphatic rings. The maximum Gasteiger partial charge on any atom is 0.173 e. The van der Waals surface area contributed by atoms with Crippen LogP contribution < -0.4 is 5.32 Å². The smallest absolute Gasteiger partial charge is 0.173 e. The van der Waals surface area contributed by atoms with Crippen LogP contribution in [0.4, 0.5) is 5.69 Å². The summed E-state index contributed by atoms with van der Waals surface area (Å²) in [6.45, 7) is 8.27. The van der Waals surface area contributed by atoms with Gasteiger partial charge in [0.05, 0.1) is 6.54 Å². The number of aryl methyl sites for hydroxylation is 1. The Morgan fingerprint density at radius 1 is 1.19 bits per heavy atom. The Morgan fingerprint density at radius 2 is 1.96 bits per heavy atom. The van der Waals surface area contributed by atoms with Crippen LogP contribution in [0.5, 0.6) is 0 Å². The minimum Gasteiger partial charge on any atom is -0.344 e. The molecule has 0 aliphatic heterocycles. The van der Waals surface area contributed by atoms with Gasteiger partial charge in [0.25, 0.3) is 0 Å². The van der Waals surface area contributed by atoms with Crippen molar-refractivity contribution in [3.63, 3.8) is 0 Å². The highest BCUT2D eigenvalue weighted by molar-refractivity contribution is 7.80. The van der Waals surface area contributed by atoms with Gasteiger partial charge in [-0.15, -0.1) is 11.3 Å². The number of rotatable bonds is 10. The second-order valence-electron chi connectivity index (χ2n) is 6.91. The predicted octanol–water partition coefficient (Wildman–Crippen LogP) is 6.03. The number of nitrogens with zero attached hydrogens (tertiary/aromatic N) is 2. The maximum absolute atomic E-state index is 6.13. The van der Waals surface area contributed by atoms with E-state index in [1.807, 2.05) is 25.1 Å². The number of thiophene rings is 1. The van der Waals surface area contributed by atoms with E-state index in [9.17, 15) is 0 Å². The molecule has 1 heterocycles. The second-order valence-corrected chi connectivity index (χ2v) is 8.73. The Balaban J connectivity index is 1.95. The number of anilines is 1. The van der Waals surface area contributed by atoms with Crippen LogP contribution in [0.25, 0.3) is 0 Å². The van der Waals surface area contributed by atoms with Gasteiger partial charge in [-0.25, -0.2) is 0 Å². The fourth-order valence-corrected chi connectivity index (χ4v) is 3.95. The Morgan fingerprint density at radius 3 is 2.63 bits per heavy atom. The van der Waals surface area contributed by atoms with Crippen molar-refractivity contribution in [3.05, 3.63) is 51.2 Å². The molecule has 0 fully saturated rings. The Bertz CT molecular complexity index is 703. The van der Waals surface area contributed by atoms with Crippen LogP contribution in [0.15, 0.2) is 35.7 Å². The van der Waals surface area contributed by atoms with E-state index in [4.69, 9.17) is 23.8 Å². The Labute approximate surface area is 178 Å². The fraction of sp³-hybridized carbons (Fsp3) is 0.476. The first-order chi connectivity index (χ1) is 13.0. The average molecular weight is 424 g/mol. The number of benzene rings is 1. The topological polar surface area (TPSA) is 18.5 Å². The molecule has 0 spiro atoms. The third-order valence-corrected chi connectivity index (χ3v) is 6.13. The normalized spacial score (nSPS) is 11.0. The summed E-state index contributed by atoms with van der Waals surface area (Å²) in [4.78, 5) is 6.00. The largest absolute Gasteiger partial charge is 0.344 e. The molecule has 0 unspecified atom stereocenters. The van der Waals surface area contributed by atoms with Gasteiger partial charge in [-0.2, -0.15) is 0 Å². The highest BCUT2D eigenvalue weighted by Crippen LogP contribution is 2.20. The quantitative estimate of drug-likeness (QED) is 0.470. The summed E-state index contributed by atoms with van der Waals surface area (Å²) in [6, 6.07) is 10.2. The second kappa shape index (κ2) is 11.6. The summed E-state index contributed by atoms with van der Waals surface area (Å²) in [5, 5.41) is 7.04. The number of thiocarbonyl (C=S) groups is 1. The van der Waals surface area contributed by atoms with Gasteiger partial charge in [0.2, 0.25) is 0 Å². The summed E-state index contributed by atoms with van der Waals surface area (Å²) in [5.74, 6) is 0. The van der Waals surface area contributed by atoms with Gasteiger partial charge in [0.15, 0.2) is 5.11 Å². The maximum atomic E-state index is 6.13. The zero-order chi connectivity index (χ0) is 19.6. The molecular formula is C21H30ClN3S2. The molecule has 0 amide bonds. The molecule has 2 rings (SSSR count). The third-order valence-electron chi connectivity index (χ3n) is 4.48. The summed E-state index contributed by atoms with van der Waals surface area (Å²) in [6.07, 6.45) is 3.59. The minimum atomic E-state index is 0.765. The third kappa shape index (κ3) is 7.78. The molecule has 0 radical (unpaired) electrons. The molecule has 0 saturated heterocycles. The van der Waals surface area contributed by atoms with Gasteiger partial charge >= 0.3 is 0 Å². The summed E-state index contributed by atoms with van der Waals surface area (Å²) in [5.41, 5.74) is 2.03. The van der Waals surface area contributed by atoms with Gasteiger partial charge in [-0.1, -0.05) is 31.0 Å².